The molecule has 130 valence electrons. The lowest BCUT2D eigenvalue weighted by Crippen LogP contribution is -2.46. The highest BCUT2D eigenvalue weighted by Crippen LogP contribution is 2.37. The van der Waals surface area contributed by atoms with Gasteiger partial charge in [0.2, 0.25) is 10.0 Å². The first kappa shape index (κ1) is 19.0. The molecule has 2 atom stereocenters. The molecule has 0 aliphatic heterocycles. The van der Waals surface area contributed by atoms with E-state index in [1.807, 2.05) is 0 Å². The molecule has 0 saturated heterocycles. The minimum atomic E-state index is -4.22. The predicted octanol–water partition coefficient (Wildman–Crippen LogP) is 1.48. The Hall–Kier alpha value is -1.03. The largest absolute Gasteiger partial charge is 0.391 e. The summed E-state index contributed by atoms with van der Waals surface area (Å²) in [5, 5.41) is 9.87. The van der Waals surface area contributed by atoms with Crippen LogP contribution < -0.4 is 15.8 Å². The van der Waals surface area contributed by atoms with Gasteiger partial charge in [-0.2, -0.15) is 13.2 Å². The van der Waals surface area contributed by atoms with Gasteiger partial charge in [-0.15, -0.1) is 0 Å². The minimum absolute atomic E-state index is 0.0949. The highest BCUT2D eigenvalue weighted by molar-refractivity contribution is 7.89. The summed E-state index contributed by atoms with van der Waals surface area (Å²) in [6.45, 7) is 0.247. The number of sulfonamides is 1. The first-order chi connectivity index (χ1) is 10.1. The Balaban J connectivity index is 2.22. The van der Waals surface area contributed by atoms with E-state index in [0.717, 1.165) is 0 Å². The zero-order valence-corrected chi connectivity index (χ0v) is 13.0. The maximum atomic E-state index is 12.6. The molecule has 22 heavy (non-hydrogen) atoms. The van der Waals surface area contributed by atoms with Crippen molar-refractivity contribution in [2.45, 2.75) is 50.7 Å². The lowest BCUT2D eigenvalue weighted by atomic mass is 9.85. The SMILES string of the molecule is NS(=O)(=O)CCCCNC(=O)N[C@@H]1CCC[C@@H](C(F)(F)F)C1. The summed E-state index contributed by atoms with van der Waals surface area (Å²) < 4.78 is 59.3. The molecule has 1 saturated carbocycles. The lowest BCUT2D eigenvalue weighted by molar-refractivity contribution is -0.183. The van der Waals surface area contributed by atoms with Crippen LogP contribution in [-0.4, -0.2) is 39.0 Å². The Morgan fingerprint density at radius 1 is 1.23 bits per heavy atom. The summed E-state index contributed by atoms with van der Waals surface area (Å²) >= 11 is 0. The Kier molecular flexibility index (Phi) is 6.92. The lowest BCUT2D eigenvalue weighted by Gasteiger charge is -2.31. The number of amides is 2. The number of nitrogens with one attached hydrogen (secondary N) is 2. The molecule has 10 heteroatoms. The van der Waals surface area contributed by atoms with Crippen molar-refractivity contribution in [2.75, 3.05) is 12.3 Å². The standard InChI is InChI=1S/C12H22F3N3O3S/c13-12(14,15)9-4-3-5-10(8-9)18-11(19)17-6-1-2-7-22(16,20)21/h9-10H,1-8H2,(H2,16,20,21)(H2,17,18,19)/t9-,10-/m1/s1. The molecule has 4 N–H and O–H groups in total. The molecule has 0 radical (unpaired) electrons. The number of hydrogen-bond acceptors (Lipinski definition) is 3. The molecule has 0 aromatic carbocycles. The van der Waals surface area contributed by atoms with E-state index in [-0.39, 0.29) is 25.1 Å². The highest BCUT2D eigenvalue weighted by atomic mass is 32.2. The van der Waals surface area contributed by atoms with Gasteiger partial charge in [-0.05, 0) is 32.1 Å². The molecule has 6 nitrogen and oxygen atoms in total. The molecule has 0 heterocycles. The fourth-order valence-corrected chi connectivity index (χ4v) is 3.09. The van der Waals surface area contributed by atoms with Gasteiger partial charge in [0.15, 0.2) is 0 Å². The number of urea groups is 1. The van der Waals surface area contributed by atoms with Crippen molar-refractivity contribution in [3.8, 4) is 0 Å². The molecule has 0 bridgehead atoms. The Labute approximate surface area is 128 Å². The molecule has 0 aromatic heterocycles. The average Bonchev–Trinajstić information content (AvgIpc) is 2.36. The molecular formula is C12H22F3N3O3S. The second kappa shape index (κ2) is 8.00. The van der Waals surface area contributed by atoms with Gasteiger partial charge in [-0.3, -0.25) is 0 Å². The van der Waals surface area contributed by atoms with Crippen molar-refractivity contribution < 1.29 is 26.4 Å². The van der Waals surface area contributed by atoms with Crippen LogP contribution in [-0.2, 0) is 10.0 Å². The maximum Gasteiger partial charge on any atom is 0.391 e. The van der Waals surface area contributed by atoms with E-state index in [1.165, 1.54) is 0 Å². The molecule has 0 unspecified atom stereocenters. The van der Waals surface area contributed by atoms with Crippen LogP contribution in [0, 0.1) is 5.92 Å². The number of carbonyl (C=O) groups is 1. The summed E-state index contributed by atoms with van der Waals surface area (Å²) in [6.07, 6.45) is -2.49. The molecule has 1 fully saturated rings. The summed E-state index contributed by atoms with van der Waals surface area (Å²) in [6, 6.07) is -1.01. The fourth-order valence-electron chi connectivity index (χ4n) is 2.48. The summed E-state index contributed by atoms with van der Waals surface area (Å²) in [7, 11) is -3.50. The number of halogens is 3. The van der Waals surface area contributed by atoms with Crippen molar-refractivity contribution in [3.63, 3.8) is 0 Å². The van der Waals surface area contributed by atoms with Crippen LogP contribution in [0.5, 0.6) is 0 Å². The quantitative estimate of drug-likeness (QED) is 0.636. The number of nitrogens with two attached hydrogens (primary N) is 1. The van der Waals surface area contributed by atoms with E-state index in [9.17, 15) is 26.4 Å². The van der Waals surface area contributed by atoms with Crippen molar-refractivity contribution in [1.29, 1.82) is 0 Å². The first-order valence-electron chi connectivity index (χ1n) is 7.19. The van der Waals surface area contributed by atoms with Crippen LogP contribution in [0.3, 0.4) is 0 Å². The van der Waals surface area contributed by atoms with Crippen LogP contribution in [0.4, 0.5) is 18.0 Å². The van der Waals surface area contributed by atoms with E-state index in [1.54, 1.807) is 0 Å². The summed E-state index contributed by atoms with van der Waals surface area (Å²) in [5.74, 6) is -1.52. The van der Waals surface area contributed by atoms with Gasteiger partial charge < -0.3 is 10.6 Å². The summed E-state index contributed by atoms with van der Waals surface area (Å²) in [5.41, 5.74) is 0. The van der Waals surface area contributed by atoms with Crippen molar-refractivity contribution in [2.24, 2.45) is 11.1 Å². The smallest absolute Gasteiger partial charge is 0.338 e. The van der Waals surface area contributed by atoms with Crippen LogP contribution in [0.1, 0.15) is 38.5 Å². The number of rotatable bonds is 6. The van der Waals surface area contributed by atoms with Crippen LogP contribution in [0.2, 0.25) is 0 Å². The predicted molar refractivity (Wildman–Crippen MR) is 75.5 cm³/mol. The van der Waals surface area contributed by atoms with Gasteiger partial charge in [0.25, 0.3) is 0 Å². The monoisotopic (exact) mass is 345 g/mol. The van der Waals surface area contributed by atoms with Gasteiger partial charge in [0, 0.05) is 12.6 Å². The third kappa shape index (κ3) is 7.83. The van der Waals surface area contributed by atoms with Gasteiger partial charge in [-0.1, -0.05) is 6.42 Å². The molecule has 1 aliphatic carbocycles. The molecule has 1 aliphatic rings. The van der Waals surface area contributed by atoms with Crippen LogP contribution in [0.15, 0.2) is 0 Å². The van der Waals surface area contributed by atoms with Gasteiger partial charge >= 0.3 is 12.2 Å². The van der Waals surface area contributed by atoms with Gasteiger partial charge in [-0.25, -0.2) is 18.4 Å². The zero-order valence-electron chi connectivity index (χ0n) is 12.2. The minimum Gasteiger partial charge on any atom is -0.338 e. The second-order valence-corrected chi connectivity index (χ2v) is 7.31. The Morgan fingerprint density at radius 2 is 1.91 bits per heavy atom. The van der Waals surface area contributed by atoms with Gasteiger partial charge in [0.1, 0.15) is 0 Å². The van der Waals surface area contributed by atoms with Crippen molar-refractivity contribution in [3.05, 3.63) is 0 Å². The number of alkyl halides is 3. The van der Waals surface area contributed by atoms with E-state index < -0.39 is 34.2 Å². The van der Waals surface area contributed by atoms with Crippen molar-refractivity contribution >= 4 is 16.1 Å². The number of primary sulfonamides is 1. The molecule has 0 spiro atoms. The topological polar surface area (TPSA) is 101 Å². The van der Waals surface area contributed by atoms with E-state index >= 15 is 0 Å². The first-order valence-corrected chi connectivity index (χ1v) is 8.91. The van der Waals surface area contributed by atoms with Gasteiger partial charge in [0.05, 0.1) is 11.7 Å². The Bertz CT molecular complexity index is 468. The highest BCUT2D eigenvalue weighted by Gasteiger charge is 2.42. The third-order valence-corrected chi connectivity index (χ3v) is 4.47. The van der Waals surface area contributed by atoms with Crippen molar-refractivity contribution in [1.82, 2.24) is 10.6 Å². The van der Waals surface area contributed by atoms with Crippen LogP contribution in [0.25, 0.3) is 0 Å². The fraction of sp³-hybridized carbons (Fsp3) is 0.917. The molecule has 0 aromatic rings. The average molecular weight is 345 g/mol. The molecular weight excluding hydrogens is 323 g/mol. The number of unbranched alkanes of at least 4 members (excludes halogenated alkanes) is 1. The molecule has 1 rings (SSSR count). The van der Waals surface area contributed by atoms with E-state index in [2.05, 4.69) is 10.6 Å². The second-order valence-electron chi connectivity index (χ2n) is 5.58. The number of hydrogen-bond donors (Lipinski definition) is 3. The summed E-state index contributed by atoms with van der Waals surface area (Å²) in [4.78, 5) is 11.6. The molecule has 2 amide bonds. The van der Waals surface area contributed by atoms with E-state index in [4.69, 9.17) is 5.14 Å². The van der Waals surface area contributed by atoms with Crippen LogP contribution >= 0.6 is 0 Å². The third-order valence-electron chi connectivity index (χ3n) is 3.61. The normalized spacial score (nSPS) is 23.1. The van der Waals surface area contributed by atoms with E-state index in [0.29, 0.717) is 25.7 Å². The zero-order chi connectivity index (χ0) is 16.8. The maximum absolute atomic E-state index is 12.6. The number of carbonyl (C=O) groups excluding carboxylic acids is 1. The Morgan fingerprint density at radius 3 is 2.50 bits per heavy atom.